The lowest BCUT2D eigenvalue weighted by Crippen LogP contribution is -2.42. The van der Waals surface area contributed by atoms with Gasteiger partial charge in [0.2, 0.25) is 0 Å². The van der Waals surface area contributed by atoms with Crippen molar-refractivity contribution in [3.8, 4) is 11.1 Å². The number of piperidine rings is 1. The van der Waals surface area contributed by atoms with E-state index in [2.05, 4.69) is 48.1 Å². The minimum absolute atomic E-state index is 0.193. The summed E-state index contributed by atoms with van der Waals surface area (Å²) >= 11 is 6.68. The molecular formula is C27H30ClN7O. The van der Waals surface area contributed by atoms with E-state index < -0.39 is 5.60 Å². The largest absolute Gasteiger partial charge is 0.382 e. The molecule has 4 heterocycles. The number of nitrogens with zero attached hydrogens (tertiary/aromatic N) is 6. The summed E-state index contributed by atoms with van der Waals surface area (Å²) in [5.41, 5.74) is 3.52. The van der Waals surface area contributed by atoms with Crippen molar-refractivity contribution < 1.29 is 5.11 Å². The molecule has 2 N–H and O–H groups in total. The summed E-state index contributed by atoms with van der Waals surface area (Å²) in [7, 11) is 0. The van der Waals surface area contributed by atoms with Crippen LogP contribution in [0.4, 0.5) is 11.4 Å². The maximum atomic E-state index is 10.2. The van der Waals surface area contributed by atoms with Crippen LogP contribution < -0.4 is 10.2 Å². The van der Waals surface area contributed by atoms with Gasteiger partial charge in [-0.2, -0.15) is 0 Å². The predicted molar refractivity (Wildman–Crippen MR) is 143 cm³/mol. The quantitative estimate of drug-likeness (QED) is 0.375. The van der Waals surface area contributed by atoms with Crippen LogP contribution >= 0.6 is 11.6 Å². The molecule has 3 aromatic heterocycles. The molecule has 36 heavy (non-hydrogen) atoms. The highest BCUT2D eigenvalue weighted by molar-refractivity contribution is 6.34. The van der Waals surface area contributed by atoms with E-state index in [-0.39, 0.29) is 6.04 Å². The van der Waals surface area contributed by atoms with Crippen molar-refractivity contribution in [2.24, 2.45) is 5.92 Å². The Bertz CT molecular complexity index is 1340. The molecule has 1 aliphatic heterocycles. The summed E-state index contributed by atoms with van der Waals surface area (Å²) in [5, 5.41) is 15.4. The first-order valence-corrected chi connectivity index (χ1v) is 12.6. The van der Waals surface area contributed by atoms with Gasteiger partial charge in [0, 0.05) is 48.7 Å². The van der Waals surface area contributed by atoms with Crippen LogP contribution in [0.3, 0.4) is 0 Å². The van der Waals surface area contributed by atoms with Gasteiger partial charge in [0.15, 0.2) is 5.82 Å². The summed E-state index contributed by atoms with van der Waals surface area (Å²) in [5.74, 6) is 0.820. The zero-order chi connectivity index (χ0) is 25.3. The number of aliphatic hydroxyl groups is 1. The van der Waals surface area contributed by atoms with Gasteiger partial charge in [-0.15, -0.1) is 0 Å². The van der Waals surface area contributed by atoms with Crippen LogP contribution in [0.25, 0.3) is 22.0 Å². The highest BCUT2D eigenvalue weighted by Crippen LogP contribution is 2.35. The molecule has 0 radical (unpaired) electrons. The lowest BCUT2D eigenvalue weighted by molar-refractivity contribution is 0.0687. The van der Waals surface area contributed by atoms with Gasteiger partial charge in [0.25, 0.3) is 0 Å². The molecule has 2 atom stereocenters. The number of pyridine rings is 1. The molecule has 1 aliphatic rings. The third-order valence-electron chi connectivity index (χ3n) is 6.80. The van der Waals surface area contributed by atoms with E-state index in [1.807, 2.05) is 24.5 Å². The molecule has 1 saturated heterocycles. The summed E-state index contributed by atoms with van der Waals surface area (Å²) in [6, 6.07) is 6.25. The van der Waals surface area contributed by atoms with Gasteiger partial charge in [-0.1, -0.05) is 17.7 Å². The lowest BCUT2D eigenvalue weighted by Gasteiger charge is -2.37. The van der Waals surface area contributed by atoms with Gasteiger partial charge in [0.1, 0.15) is 11.9 Å². The third kappa shape index (κ3) is 5.10. The molecular weight excluding hydrogens is 474 g/mol. The highest BCUT2D eigenvalue weighted by atomic mass is 35.5. The number of hydrogen-bond acceptors (Lipinski definition) is 8. The summed E-state index contributed by atoms with van der Waals surface area (Å²) in [4.78, 5) is 24.0. The van der Waals surface area contributed by atoms with Gasteiger partial charge in [-0.25, -0.2) is 19.9 Å². The molecule has 0 spiro atoms. The number of anilines is 2. The Morgan fingerprint density at radius 1 is 1.06 bits per heavy atom. The first-order valence-electron chi connectivity index (χ1n) is 12.2. The Balaban J connectivity index is 1.41. The second-order valence-corrected chi connectivity index (χ2v) is 10.4. The minimum atomic E-state index is -1.09. The van der Waals surface area contributed by atoms with Crippen molar-refractivity contribution in [2.75, 3.05) is 23.3 Å². The Morgan fingerprint density at radius 3 is 2.53 bits per heavy atom. The SMILES string of the molecule is C[C@H](Nc1c(Cl)cnc2ccc(-c3cnc(C(C)(C)O)nc3)cc12)C1CCCN(c2cncnc2)C1. The smallest absolute Gasteiger partial charge is 0.159 e. The molecule has 1 unspecified atom stereocenters. The van der Waals surface area contributed by atoms with Crippen LogP contribution in [0, 0.1) is 5.92 Å². The van der Waals surface area contributed by atoms with Gasteiger partial charge in [-0.05, 0) is 57.2 Å². The van der Waals surface area contributed by atoms with Gasteiger partial charge < -0.3 is 15.3 Å². The van der Waals surface area contributed by atoms with Crippen molar-refractivity contribution >= 4 is 33.9 Å². The van der Waals surface area contributed by atoms with Crippen LogP contribution in [0.1, 0.15) is 39.4 Å². The minimum Gasteiger partial charge on any atom is -0.382 e. The molecule has 8 nitrogen and oxygen atoms in total. The second-order valence-electron chi connectivity index (χ2n) is 9.95. The summed E-state index contributed by atoms with van der Waals surface area (Å²) < 4.78 is 0. The van der Waals surface area contributed by atoms with E-state index in [1.165, 1.54) is 0 Å². The number of benzene rings is 1. The zero-order valence-corrected chi connectivity index (χ0v) is 21.4. The van der Waals surface area contributed by atoms with Crippen molar-refractivity contribution in [3.63, 3.8) is 0 Å². The molecule has 0 aliphatic carbocycles. The molecule has 0 bridgehead atoms. The van der Waals surface area contributed by atoms with Gasteiger partial charge >= 0.3 is 0 Å². The van der Waals surface area contributed by atoms with E-state index >= 15 is 0 Å². The van der Waals surface area contributed by atoms with Crippen molar-refractivity contribution in [1.82, 2.24) is 24.9 Å². The molecule has 0 saturated carbocycles. The number of hydrogen-bond donors (Lipinski definition) is 2. The summed E-state index contributed by atoms with van der Waals surface area (Å²) in [6.45, 7) is 7.49. The van der Waals surface area contributed by atoms with E-state index in [0.29, 0.717) is 16.8 Å². The van der Waals surface area contributed by atoms with Crippen LogP contribution in [-0.2, 0) is 5.60 Å². The fourth-order valence-corrected chi connectivity index (χ4v) is 4.95. The highest BCUT2D eigenvalue weighted by Gasteiger charge is 2.26. The van der Waals surface area contributed by atoms with Crippen LogP contribution in [0.5, 0.6) is 0 Å². The maximum Gasteiger partial charge on any atom is 0.159 e. The first-order chi connectivity index (χ1) is 17.3. The molecule has 4 aromatic rings. The molecule has 1 aromatic carbocycles. The van der Waals surface area contributed by atoms with Crippen LogP contribution in [0.2, 0.25) is 5.02 Å². The predicted octanol–water partition coefficient (Wildman–Crippen LogP) is 5.08. The van der Waals surface area contributed by atoms with E-state index in [0.717, 1.165) is 59.3 Å². The Kier molecular flexibility index (Phi) is 6.73. The number of fused-ring (bicyclic) bond motifs is 1. The van der Waals surface area contributed by atoms with E-state index in [4.69, 9.17) is 11.6 Å². The topological polar surface area (TPSA) is 100.0 Å². The van der Waals surface area contributed by atoms with Crippen molar-refractivity contribution in [3.05, 3.63) is 66.4 Å². The van der Waals surface area contributed by atoms with Crippen LogP contribution in [-0.4, -0.2) is 49.2 Å². The average Bonchev–Trinajstić information content (AvgIpc) is 2.90. The normalized spacial score (nSPS) is 17.2. The molecule has 9 heteroatoms. The number of rotatable bonds is 6. The molecule has 1 fully saturated rings. The molecule has 5 rings (SSSR count). The standard InChI is InChI=1S/C27H30ClN7O/c1-17(19-5-4-8-35(15-19)21-12-29-16-30-13-21)34-25-22-9-18(6-7-24(22)31-14-23(25)28)20-10-32-26(33-11-20)27(2,3)36/h6-7,9-14,16-17,19,36H,4-5,8,15H2,1-3H3,(H,31,34)/t17-,19?/m0/s1. The zero-order valence-electron chi connectivity index (χ0n) is 20.7. The lowest BCUT2D eigenvalue weighted by atomic mass is 9.91. The fourth-order valence-electron chi connectivity index (χ4n) is 4.74. The number of halogens is 1. The second kappa shape index (κ2) is 9.95. The first kappa shape index (κ1) is 24.3. The molecule has 0 amide bonds. The van der Waals surface area contributed by atoms with Crippen LogP contribution in [0.15, 0.2) is 55.5 Å². The third-order valence-corrected chi connectivity index (χ3v) is 7.09. The Labute approximate surface area is 215 Å². The van der Waals surface area contributed by atoms with Crippen molar-refractivity contribution in [2.45, 2.75) is 45.3 Å². The number of aromatic nitrogens is 5. The summed E-state index contributed by atoms with van der Waals surface area (Å²) in [6.07, 6.45) is 12.7. The van der Waals surface area contributed by atoms with E-state index in [1.54, 1.807) is 38.8 Å². The fraction of sp³-hybridized carbons (Fsp3) is 0.370. The van der Waals surface area contributed by atoms with Gasteiger partial charge in [-0.3, -0.25) is 4.98 Å². The average molecular weight is 504 g/mol. The maximum absolute atomic E-state index is 10.2. The van der Waals surface area contributed by atoms with E-state index in [9.17, 15) is 5.11 Å². The van der Waals surface area contributed by atoms with Gasteiger partial charge in [0.05, 0.1) is 34.3 Å². The molecule has 186 valence electrons. The monoisotopic (exact) mass is 503 g/mol. The Morgan fingerprint density at radius 2 is 1.81 bits per heavy atom. The Hall–Kier alpha value is -3.36. The van der Waals surface area contributed by atoms with Crippen molar-refractivity contribution in [1.29, 1.82) is 0 Å². The number of nitrogens with one attached hydrogen (secondary N) is 1.